The second-order valence-corrected chi connectivity index (χ2v) is 2.67. The molecule has 1 aromatic heterocycles. The molecular formula is C6H3Cl2F3N2. The molecule has 0 spiro atoms. The Bertz CT molecular complexity index is 313. The van der Waals surface area contributed by atoms with Crippen LogP contribution < -0.4 is 4.84 Å². The van der Waals surface area contributed by atoms with E-state index in [2.05, 4.69) is 9.82 Å². The Morgan fingerprint density at radius 2 is 1.92 bits per heavy atom. The van der Waals surface area contributed by atoms with E-state index in [0.29, 0.717) is 0 Å². The van der Waals surface area contributed by atoms with E-state index in [1.807, 2.05) is 0 Å². The van der Waals surface area contributed by atoms with Crippen molar-refractivity contribution in [2.24, 2.45) is 0 Å². The Morgan fingerprint density at radius 3 is 2.31 bits per heavy atom. The maximum absolute atomic E-state index is 12.1. The molecule has 0 saturated heterocycles. The molecule has 0 aliphatic heterocycles. The van der Waals surface area contributed by atoms with Gasteiger partial charge in [0.25, 0.3) is 0 Å². The van der Waals surface area contributed by atoms with E-state index in [9.17, 15) is 13.2 Å². The molecule has 2 nitrogen and oxygen atoms in total. The second kappa shape index (κ2) is 3.59. The summed E-state index contributed by atoms with van der Waals surface area (Å²) in [6.07, 6.45) is -4.49. The van der Waals surface area contributed by atoms with Gasteiger partial charge in [-0.1, -0.05) is 11.6 Å². The van der Waals surface area contributed by atoms with Crippen molar-refractivity contribution in [3.05, 3.63) is 22.8 Å². The van der Waals surface area contributed by atoms with Crippen LogP contribution in [0.15, 0.2) is 12.1 Å². The summed E-state index contributed by atoms with van der Waals surface area (Å²) >= 11 is 10.4. The molecule has 0 fully saturated rings. The van der Waals surface area contributed by atoms with Crippen molar-refractivity contribution in [1.29, 1.82) is 0 Å². The van der Waals surface area contributed by atoms with Gasteiger partial charge in [0.05, 0.1) is 5.56 Å². The summed E-state index contributed by atoms with van der Waals surface area (Å²) in [6, 6.07) is 1.89. The van der Waals surface area contributed by atoms with Crippen LogP contribution in [0, 0.1) is 0 Å². The lowest BCUT2D eigenvalue weighted by atomic mass is 10.3. The van der Waals surface area contributed by atoms with Gasteiger partial charge in [-0.3, -0.25) is 4.84 Å². The maximum atomic E-state index is 12.1. The molecule has 0 aliphatic carbocycles. The number of aromatic nitrogens is 1. The van der Waals surface area contributed by atoms with Gasteiger partial charge < -0.3 is 0 Å². The van der Waals surface area contributed by atoms with Crippen molar-refractivity contribution in [3.8, 4) is 0 Å². The molecule has 0 radical (unpaired) electrons. The monoisotopic (exact) mass is 230 g/mol. The zero-order chi connectivity index (χ0) is 10.1. The lowest BCUT2D eigenvalue weighted by Gasteiger charge is -2.08. The van der Waals surface area contributed by atoms with Crippen LogP contribution in [0.4, 0.5) is 19.0 Å². The SMILES string of the molecule is FC(F)(F)c1ccc(NCl)nc1Cl. The van der Waals surface area contributed by atoms with Crippen LogP contribution in [0.2, 0.25) is 5.15 Å². The number of halogens is 5. The zero-order valence-electron chi connectivity index (χ0n) is 5.99. The first kappa shape index (κ1) is 10.4. The summed E-state index contributed by atoms with van der Waals surface area (Å²) in [5.41, 5.74) is -0.982. The highest BCUT2D eigenvalue weighted by Crippen LogP contribution is 2.34. The quantitative estimate of drug-likeness (QED) is 0.592. The average molecular weight is 231 g/mol. The molecule has 13 heavy (non-hydrogen) atoms. The highest BCUT2D eigenvalue weighted by molar-refractivity contribution is 6.30. The van der Waals surface area contributed by atoms with Crippen LogP contribution in [-0.2, 0) is 6.18 Å². The summed E-state index contributed by atoms with van der Waals surface area (Å²) in [4.78, 5) is 5.42. The first-order valence-electron chi connectivity index (χ1n) is 3.05. The van der Waals surface area contributed by atoms with Gasteiger partial charge in [0.15, 0.2) is 0 Å². The van der Waals surface area contributed by atoms with Crippen molar-refractivity contribution < 1.29 is 13.2 Å². The maximum Gasteiger partial charge on any atom is 0.419 e. The number of hydrogen-bond donors (Lipinski definition) is 1. The minimum Gasteiger partial charge on any atom is -0.283 e. The van der Waals surface area contributed by atoms with Crippen molar-refractivity contribution in [3.63, 3.8) is 0 Å². The van der Waals surface area contributed by atoms with Gasteiger partial charge in [-0.25, -0.2) is 4.98 Å². The largest absolute Gasteiger partial charge is 0.419 e. The standard InChI is InChI=1S/C6H3Cl2F3N2/c7-5-3(6(9,10)11)1-2-4(12-5)13-8/h1-2H,(H,12,13). The van der Waals surface area contributed by atoms with Crippen LogP contribution in [0.1, 0.15) is 5.56 Å². The number of nitrogens with one attached hydrogen (secondary N) is 1. The van der Waals surface area contributed by atoms with Crippen LogP contribution in [0.5, 0.6) is 0 Å². The second-order valence-electron chi connectivity index (χ2n) is 2.13. The Kier molecular flexibility index (Phi) is 2.87. The van der Waals surface area contributed by atoms with Crippen molar-refractivity contribution >= 4 is 29.2 Å². The molecule has 0 amide bonds. The van der Waals surface area contributed by atoms with Crippen molar-refractivity contribution in [2.45, 2.75) is 6.18 Å². The molecule has 7 heteroatoms. The fourth-order valence-corrected chi connectivity index (χ4v) is 1.06. The summed E-state index contributed by atoms with van der Waals surface area (Å²) in [5, 5.41) is -0.627. The first-order chi connectivity index (χ1) is 5.95. The zero-order valence-corrected chi connectivity index (χ0v) is 7.50. The summed E-state index contributed by atoms with van der Waals surface area (Å²) in [5.74, 6) is 0.0691. The molecule has 1 aromatic rings. The lowest BCUT2D eigenvalue weighted by Crippen LogP contribution is -2.07. The molecule has 0 saturated carbocycles. The molecule has 1 rings (SSSR count). The molecule has 0 aromatic carbocycles. The first-order valence-corrected chi connectivity index (χ1v) is 3.81. The third-order valence-corrected chi connectivity index (χ3v) is 1.73. The van der Waals surface area contributed by atoms with Crippen LogP contribution in [-0.4, -0.2) is 4.98 Å². The predicted octanol–water partition coefficient (Wildman–Crippen LogP) is 3.32. The lowest BCUT2D eigenvalue weighted by molar-refractivity contribution is -0.137. The van der Waals surface area contributed by atoms with Gasteiger partial charge in [0, 0.05) is 11.8 Å². The minimum atomic E-state index is -4.49. The number of alkyl halides is 3. The molecule has 1 heterocycles. The third kappa shape index (κ3) is 2.38. The topological polar surface area (TPSA) is 24.9 Å². The van der Waals surface area contributed by atoms with E-state index in [0.717, 1.165) is 12.1 Å². The van der Waals surface area contributed by atoms with E-state index in [-0.39, 0.29) is 5.82 Å². The fraction of sp³-hybridized carbons (Fsp3) is 0.167. The number of anilines is 1. The highest BCUT2D eigenvalue weighted by Gasteiger charge is 2.33. The van der Waals surface area contributed by atoms with Crippen molar-refractivity contribution in [1.82, 2.24) is 4.98 Å². The van der Waals surface area contributed by atoms with Crippen LogP contribution in [0.3, 0.4) is 0 Å². The van der Waals surface area contributed by atoms with E-state index in [1.54, 1.807) is 0 Å². The fourth-order valence-electron chi connectivity index (χ4n) is 0.698. The molecule has 72 valence electrons. The Morgan fingerprint density at radius 1 is 1.31 bits per heavy atom. The molecule has 1 N–H and O–H groups in total. The molecule has 0 atom stereocenters. The van der Waals surface area contributed by atoms with E-state index in [1.165, 1.54) is 0 Å². The Labute approximate surface area is 81.8 Å². The Hall–Kier alpha value is -0.680. The normalized spacial score (nSPS) is 11.5. The minimum absolute atomic E-state index is 0.0691. The molecular weight excluding hydrogens is 228 g/mol. The number of pyridine rings is 1. The highest BCUT2D eigenvalue weighted by atomic mass is 35.5. The summed E-state index contributed by atoms with van der Waals surface area (Å²) in [7, 11) is 0. The average Bonchev–Trinajstić information content (AvgIpc) is 2.01. The van der Waals surface area contributed by atoms with Gasteiger partial charge >= 0.3 is 6.18 Å². The van der Waals surface area contributed by atoms with E-state index >= 15 is 0 Å². The Balaban J connectivity index is 3.13. The predicted molar refractivity (Wildman–Crippen MR) is 43.7 cm³/mol. The number of hydrogen-bond acceptors (Lipinski definition) is 2. The summed E-state index contributed by atoms with van der Waals surface area (Å²) in [6.45, 7) is 0. The smallest absolute Gasteiger partial charge is 0.283 e. The number of nitrogens with zero attached hydrogens (tertiary/aromatic N) is 1. The molecule has 0 unspecified atom stereocenters. The van der Waals surface area contributed by atoms with Gasteiger partial charge in [-0.15, -0.1) is 0 Å². The van der Waals surface area contributed by atoms with Gasteiger partial charge in [0.1, 0.15) is 11.0 Å². The van der Waals surface area contributed by atoms with E-state index < -0.39 is 16.9 Å². The molecule has 0 bridgehead atoms. The third-order valence-electron chi connectivity index (χ3n) is 1.25. The van der Waals surface area contributed by atoms with Crippen LogP contribution >= 0.6 is 23.4 Å². The summed E-state index contributed by atoms with van der Waals surface area (Å²) < 4.78 is 36.3. The van der Waals surface area contributed by atoms with Crippen molar-refractivity contribution in [2.75, 3.05) is 4.84 Å². The van der Waals surface area contributed by atoms with Gasteiger partial charge in [-0.05, 0) is 12.1 Å². The van der Waals surface area contributed by atoms with Gasteiger partial charge in [-0.2, -0.15) is 13.2 Å². The molecule has 0 aliphatic rings. The van der Waals surface area contributed by atoms with Gasteiger partial charge in [0.2, 0.25) is 0 Å². The van der Waals surface area contributed by atoms with Crippen LogP contribution in [0.25, 0.3) is 0 Å². The van der Waals surface area contributed by atoms with E-state index in [4.69, 9.17) is 23.4 Å². The number of rotatable bonds is 1.